The number of hydrogen-bond donors (Lipinski definition) is 1. The van der Waals surface area contributed by atoms with Gasteiger partial charge in [-0.05, 0) is 20.3 Å². The van der Waals surface area contributed by atoms with Gasteiger partial charge in [-0.2, -0.15) is 12.6 Å². The number of hydrogen-bond acceptors (Lipinski definition) is 3. The van der Waals surface area contributed by atoms with Crippen LogP contribution in [0, 0.1) is 0 Å². The van der Waals surface area contributed by atoms with E-state index in [1.165, 1.54) is 6.42 Å². The van der Waals surface area contributed by atoms with E-state index in [1.54, 1.807) is 0 Å². The molecule has 11 heavy (non-hydrogen) atoms. The van der Waals surface area contributed by atoms with Gasteiger partial charge in [-0.25, -0.2) is 4.31 Å². The fourth-order valence-electron chi connectivity index (χ4n) is 0.890. The molecule has 0 radical (unpaired) electrons. The summed E-state index contributed by atoms with van der Waals surface area (Å²) in [5.74, 6) is 0. The van der Waals surface area contributed by atoms with E-state index < -0.39 is 0 Å². The minimum Gasteiger partial charge on any atom is -0.247 e. The van der Waals surface area contributed by atoms with E-state index >= 15 is 0 Å². The fourth-order valence-corrected chi connectivity index (χ4v) is 2.15. The molecule has 0 aliphatic rings. The molecule has 1 nitrogen and oxygen atoms in total. The average molecular weight is 193 g/mol. The lowest BCUT2D eigenvalue weighted by atomic mass is 10.3. The largest absolute Gasteiger partial charge is 0.247 e. The van der Waals surface area contributed by atoms with Crippen molar-refractivity contribution in [2.75, 3.05) is 6.54 Å². The van der Waals surface area contributed by atoms with Crippen LogP contribution in [0.5, 0.6) is 0 Å². The minimum absolute atomic E-state index is 0.406. The highest BCUT2D eigenvalue weighted by molar-refractivity contribution is 8.08. The van der Waals surface area contributed by atoms with Crippen LogP contribution in [0.15, 0.2) is 0 Å². The van der Waals surface area contributed by atoms with E-state index in [9.17, 15) is 0 Å². The van der Waals surface area contributed by atoms with Gasteiger partial charge in [0.25, 0.3) is 0 Å². The maximum absolute atomic E-state index is 4.35. The van der Waals surface area contributed by atoms with Gasteiger partial charge in [-0.1, -0.05) is 25.8 Å². The molecular weight excluding hydrogens is 174 g/mol. The van der Waals surface area contributed by atoms with Crippen molar-refractivity contribution in [3.05, 3.63) is 0 Å². The molecule has 0 saturated carbocycles. The van der Waals surface area contributed by atoms with Crippen molar-refractivity contribution in [3.63, 3.8) is 0 Å². The average Bonchev–Trinajstić information content (AvgIpc) is 1.98. The molecule has 2 unspecified atom stereocenters. The smallest absolute Gasteiger partial charge is 0.0591 e. The molecule has 68 valence electrons. The maximum atomic E-state index is 4.35. The van der Waals surface area contributed by atoms with Crippen LogP contribution in [0.4, 0.5) is 0 Å². The van der Waals surface area contributed by atoms with Gasteiger partial charge in [0.1, 0.15) is 0 Å². The third kappa shape index (κ3) is 4.99. The molecule has 0 fully saturated rings. The molecule has 0 N–H and O–H groups in total. The van der Waals surface area contributed by atoms with Gasteiger partial charge in [0, 0.05) is 12.6 Å². The Hall–Kier alpha value is 0.660. The molecule has 0 saturated heterocycles. The molecular formula is C8H19NS2. The molecule has 0 amide bonds. The second kappa shape index (κ2) is 6.21. The Balaban J connectivity index is 3.74. The molecule has 0 aromatic carbocycles. The predicted molar refractivity (Wildman–Crippen MR) is 58.2 cm³/mol. The van der Waals surface area contributed by atoms with Crippen LogP contribution in [-0.2, 0) is 0 Å². The highest BCUT2D eigenvalue weighted by Gasteiger charge is 2.11. The number of thiol groups is 1. The van der Waals surface area contributed by atoms with E-state index in [1.807, 2.05) is 11.9 Å². The lowest BCUT2D eigenvalue weighted by Gasteiger charge is -2.26. The van der Waals surface area contributed by atoms with Crippen LogP contribution in [0.25, 0.3) is 0 Å². The summed E-state index contributed by atoms with van der Waals surface area (Å²) in [6.45, 7) is 9.88. The van der Waals surface area contributed by atoms with Gasteiger partial charge >= 0.3 is 0 Å². The third-order valence-corrected chi connectivity index (χ3v) is 3.16. The van der Waals surface area contributed by atoms with Crippen molar-refractivity contribution in [1.82, 2.24) is 4.31 Å². The number of nitrogens with zero attached hydrogens (tertiary/aromatic N) is 1. The molecule has 0 bridgehead atoms. The van der Waals surface area contributed by atoms with Crippen molar-refractivity contribution in [2.45, 2.75) is 44.7 Å². The van der Waals surface area contributed by atoms with Gasteiger partial charge in [0.2, 0.25) is 0 Å². The van der Waals surface area contributed by atoms with Crippen LogP contribution in [0.1, 0.15) is 34.1 Å². The highest BCUT2D eigenvalue weighted by atomic mass is 32.2. The second-order valence-electron chi connectivity index (χ2n) is 2.70. The number of rotatable bonds is 5. The van der Waals surface area contributed by atoms with E-state index in [2.05, 4.69) is 44.6 Å². The first-order valence-corrected chi connectivity index (χ1v) is 5.58. The van der Waals surface area contributed by atoms with Crippen LogP contribution < -0.4 is 0 Å². The van der Waals surface area contributed by atoms with Crippen molar-refractivity contribution >= 4 is 24.6 Å². The molecule has 0 rings (SSSR count). The van der Waals surface area contributed by atoms with Gasteiger partial charge in [-0.3, -0.25) is 0 Å². The summed E-state index contributed by atoms with van der Waals surface area (Å²) in [5, 5.41) is 0. The fraction of sp³-hybridized carbons (Fsp3) is 1.00. The van der Waals surface area contributed by atoms with Crippen LogP contribution in [-0.4, -0.2) is 21.5 Å². The van der Waals surface area contributed by atoms with Gasteiger partial charge < -0.3 is 0 Å². The van der Waals surface area contributed by atoms with Crippen LogP contribution in [0.2, 0.25) is 0 Å². The zero-order valence-electron chi connectivity index (χ0n) is 7.87. The Bertz CT molecular complexity index is 96.1. The monoisotopic (exact) mass is 193 g/mol. The quantitative estimate of drug-likeness (QED) is 0.406. The molecule has 2 atom stereocenters. The standard InChI is InChI=1S/C8H19NS2/c1-5-7(3)9(6-2)11-8(4)10/h7-8,10H,5-6H2,1-4H3. The van der Waals surface area contributed by atoms with E-state index in [0.717, 1.165) is 6.54 Å². The summed E-state index contributed by atoms with van der Waals surface area (Å²) in [7, 11) is 0. The topological polar surface area (TPSA) is 3.24 Å². The Labute approximate surface area is 80.5 Å². The Kier molecular flexibility index (Phi) is 6.58. The summed E-state index contributed by atoms with van der Waals surface area (Å²) in [6, 6.07) is 0.666. The minimum atomic E-state index is 0.406. The summed E-state index contributed by atoms with van der Waals surface area (Å²) in [6.07, 6.45) is 1.21. The first-order chi connectivity index (χ1) is 5.11. The second-order valence-corrected chi connectivity index (χ2v) is 5.21. The van der Waals surface area contributed by atoms with Gasteiger partial charge in [0.05, 0.1) is 4.58 Å². The molecule has 0 heterocycles. The third-order valence-electron chi connectivity index (χ3n) is 1.68. The van der Waals surface area contributed by atoms with Crippen molar-refractivity contribution in [3.8, 4) is 0 Å². The Morgan fingerprint density at radius 2 is 1.91 bits per heavy atom. The van der Waals surface area contributed by atoms with Gasteiger partial charge in [0.15, 0.2) is 0 Å². The first kappa shape index (κ1) is 11.7. The Morgan fingerprint density at radius 3 is 2.18 bits per heavy atom. The summed E-state index contributed by atoms with van der Waals surface area (Å²) < 4.78 is 2.79. The maximum Gasteiger partial charge on any atom is 0.0591 e. The molecule has 0 aliphatic carbocycles. The molecule has 0 spiro atoms. The predicted octanol–water partition coefficient (Wildman–Crippen LogP) is 3.03. The van der Waals surface area contributed by atoms with Crippen LogP contribution in [0.3, 0.4) is 0 Å². The van der Waals surface area contributed by atoms with Crippen molar-refractivity contribution < 1.29 is 0 Å². The summed E-state index contributed by atoms with van der Waals surface area (Å²) >= 11 is 6.18. The first-order valence-electron chi connectivity index (χ1n) is 4.23. The van der Waals surface area contributed by atoms with Crippen molar-refractivity contribution in [1.29, 1.82) is 0 Å². The lowest BCUT2D eigenvalue weighted by molar-refractivity contribution is 0.380. The molecule has 0 aliphatic heterocycles. The Morgan fingerprint density at radius 1 is 1.36 bits per heavy atom. The normalized spacial score (nSPS) is 16.9. The summed E-state index contributed by atoms with van der Waals surface area (Å²) in [4.78, 5) is 0. The highest BCUT2D eigenvalue weighted by Crippen LogP contribution is 2.22. The van der Waals surface area contributed by atoms with E-state index in [0.29, 0.717) is 10.6 Å². The lowest BCUT2D eigenvalue weighted by Crippen LogP contribution is -2.26. The van der Waals surface area contributed by atoms with Crippen LogP contribution >= 0.6 is 24.6 Å². The van der Waals surface area contributed by atoms with E-state index in [-0.39, 0.29) is 0 Å². The molecule has 0 aromatic rings. The molecule has 3 heteroatoms. The zero-order chi connectivity index (χ0) is 8.85. The van der Waals surface area contributed by atoms with Crippen molar-refractivity contribution in [2.24, 2.45) is 0 Å². The zero-order valence-corrected chi connectivity index (χ0v) is 9.58. The molecule has 0 aromatic heterocycles. The van der Waals surface area contributed by atoms with E-state index in [4.69, 9.17) is 0 Å². The summed E-state index contributed by atoms with van der Waals surface area (Å²) in [5.41, 5.74) is 0. The SMILES string of the molecule is CCC(C)N(CC)SC(C)S. The van der Waals surface area contributed by atoms with Gasteiger partial charge in [-0.15, -0.1) is 0 Å².